The first-order chi connectivity index (χ1) is 10.0. The van der Waals surface area contributed by atoms with Crippen LogP contribution in [0.4, 0.5) is 4.79 Å². The molecule has 0 spiro atoms. The number of aromatic carboxylic acids is 1. The SMILES string of the molecule is O=C(O)c1ccc2c(c1)CN(C(=O)N1CCC(O)C1)CC2. The predicted molar refractivity (Wildman–Crippen MR) is 75.1 cm³/mol. The number of fused-ring (bicyclic) bond motifs is 1. The largest absolute Gasteiger partial charge is 0.478 e. The lowest BCUT2D eigenvalue weighted by Gasteiger charge is -2.32. The van der Waals surface area contributed by atoms with Gasteiger partial charge in [-0.05, 0) is 36.1 Å². The number of urea groups is 1. The van der Waals surface area contributed by atoms with E-state index in [-0.39, 0.29) is 11.6 Å². The minimum atomic E-state index is -0.955. The fourth-order valence-electron chi connectivity index (χ4n) is 2.97. The molecular formula is C15H18N2O4. The van der Waals surface area contributed by atoms with E-state index in [0.717, 1.165) is 17.5 Å². The summed E-state index contributed by atoms with van der Waals surface area (Å²) < 4.78 is 0. The number of hydrogen-bond acceptors (Lipinski definition) is 3. The van der Waals surface area contributed by atoms with Crippen LogP contribution in [0, 0.1) is 0 Å². The number of carboxylic acids is 1. The zero-order valence-corrected chi connectivity index (χ0v) is 11.7. The van der Waals surface area contributed by atoms with Crippen molar-refractivity contribution in [3.63, 3.8) is 0 Å². The van der Waals surface area contributed by atoms with Crippen LogP contribution < -0.4 is 0 Å². The first-order valence-corrected chi connectivity index (χ1v) is 7.11. The number of rotatable bonds is 1. The third kappa shape index (κ3) is 2.71. The summed E-state index contributed by atoms with van der Waals surface area (Å²) in [5.74, 6) is -0.955. The lowest BCUT2D eigenvalue weighted by atomic mass is 9.97. The van der Waals surface area contributed by atoms with Crippen molar-refractivity contribution < 1.29 is 19.8 Å². The predicted octanol–water partition coefficient (Wildman–Crippen LogP) is 0.929. The number of likely N-dealkylation sites (tertiary alicyclic amines) is 1. The van der Waals surface area contributed by atoms with E-state index in [1.54, 1.807) is 21.9 Å². The van der Waals surface area contributed by atoms with E-state index >= 15 is 0 Å². The minimum Gasteiger partial charge on any atom is -0.478 e. The highest BCUT2D eigenvalue weighted by atomic mass is 16.4. The Hall–Kier alpha value is -2.08. The smallest absolute Gasteiger partial charge is 0.335 e. The minimum absolute atomic E-state index is 0.0714. The average molecular weight is 290 g/mol. The van der Waals surface area contributed by atoms with Gasteiger partial charge in [-0.15, -0.1) is 0 Å². The van der Waals surface area contributed by atoms with Gasteiger partial charge < -0.3 is 20.0 Å². The molecule has 2 aliphatic rings. The Labute approximate surface area is 122 Å². The Morgan fingerprint density at radius 2 is 1.95 bits per heavy atom. The molecule has 2 N–H and O–H groups in total. The van der Waals surface area contributed by atoms with Crippen LogP contribution in [-0.4, -0.2) is 57.8 Å². The number of carboxylic acid groups (broad SMARTS) is 1. The van der Waals surface area contributed by atoms with Gasteiger partial charge in [-0.1, -0.05) is 6.07 Å². The normalized spacial score (nSPS) is 21.3. The van der Waals surface area contributed by atoms with Gasteiger partial charge in [0.25, 0.3) is 0 Å². The molecule has 1 unspecified atom stereocenters. The molecule has 2 heterocycles. The zero-order valence-electron chi connectivity index (χ0n) is 11.7. The summed E-state index contributed by atoms with van der Waals surface area (Å²) in [5, 5.41) is 18.6. The highest BCUT2D eigenvalue weighted by Crippen LogP contribution is 2.22. The fraction of sp³-hybridized carbons (Fsp3) is 0.467. The maximum Gasteiger partial charge on any atom is 0.335 e. The van der Waals surface area contributed by atoms with Crippen molar-refractivity contribution in [2.75, 3.05) is 19.6 Å². The Kier molecular flexibility index (Phi) is 3.55. The number of carbonyl (C=O) groups is 2. The number of benzene rings is 1. The lowest BCUT2D eigenvalue weighted by Crippen LogP contribution is -2.44. The molecule has 0 aromatic heterocycles. The third-order valence-corrected chi connectivity index (χ3v) is 4.17. The van der Waals surface area contributed by atoms with E-state index in [0.29, 0.717) is 32.6 Å². The van der Waals surface area contributed by atoms with Crippen molar-refractivity contribution >= 4 is 12.0 Å². The molecule has 1 fully saturated rings. The van der Waals surface area contributed by atoms with E-state index in [4.69, 9.17) is 5.11 Å². The molecule has 1 atom stereocenters. The van der Waals surface area contributed by atoms with Gasteiger partial charge in [0.15, 0.2) is 0 Å². The van der Waals surface area contributed by atoms with Gasteiger partial charge in [0.05, 0.1) is 11.7 Å². The van der Waals surface area contributed by atoms with Crippen molar-refractivity contribution in [2.24, 2.45) is 0 Å². The second-order valence-corrected chi connectivity index (χ2v) is 5.63. The Balaban J connectivity index is 1.75. The van der Waals surface area contributed by atoms with E-state index in [1.165, 1.54) is 0 Å². The van der Waals surface area contributed by atoms with Crippen LogP contribution in [-0.2, 0) is 13.0 Å². The molecule has 6 heteroatoms. The fourth-order valence-corrected chi connectivity index (χ4v) is 2.97. The van der Waals surface area contributed by atoms with E-state index in [1.807, 2.05) is 6.07 Å². The molecule has 21 heavy (non-hydrogen) atoms. The third-order valence-electron chi connectivity index (χ3n) is 4.17. The number of amides is 2. The molecule has 1 saturated heterocycles. The molecule has 0 saturated carbocycles. The Bertz CT molecular complexity index is 587. The molecule has 2 aliphatic heterocycles. The van der Waals surface area contributed by atoms with Crippen molar-refractivity contribution in [2.45, 2.75) is 25.5 Å². The Morgan fingerprint density at radius 1 is 1.14 bits per heavy atom. The summed E-state index contributed by atoms with van der Waals surface area (Å²) in [5.41, 5.74) is 2.25. The van der Waals surface area contributed by atoms with Crippen LogP contribution in [0.1, 0.15) is 27.9 Å². The summed E-state index contributed by atoms with van der Waals surface area (Å²) in [6, 6.07) is 5.02. The number of aliphatic hydroxyl groups excluding tert-OH is 1. The maximum absolute atomic E-state index is 12.4. The van der Waals surface area contributed by atoms with E-state index in [9.17, 15) is 14.7 Å². The van der Waals surface area contributed by atoms with E-state index < -0.39 is 12.1 Å². The van der Waals surface area contributed by atoms with Gasteiger partial charge in [0.2, 0.25) is 0 Å². The number of aliphatic hydroxyl groups is 1. The summed E-state index contributed by atoms with van der Waals surface area (Å²) in [7, 11) is 0. The zero-order chi connectivity index (χ0) is 15.0. The molecule has 2 amide bonds. The van der Waals surface area contributed by atoms with Crippen molar-refractivity contribution in [3.8, 4) is 0 Å². The molecule has 3 rings (SSSR count). The molecule has 6 nitrogen and oxygen atoms in total. The summed E-state index contributed by atoms with van der Waals surface area (Å²) in [6.07, 6.45) is 0.932. The van der Waals surface area contributed by atoms with Gasteiger partial charge in [0, 0.05) is 26.2 Å². The summed E-state index contributed by atoms with van der Waals surface area (Å²) in [4.78, 5) is 26.8. The van der Waals surface area contributed by atoms with Crippen molar-refractivity contribution in [1.82, 2.24) is 9.80 Å². The molecule has 112 valence electrons. The van der Waals surface area contributed by atoms with Gasteiger partial charge in [-0.2, -0.15) is 0 Å². The average Bonchev–Trinajstić information content (AvgIpc) is 2.91. The van der Waals surface area contributed by atoms with E-state index in [2.05, 4.69) is 0 Å². The second-order valence-electron chi connectivity index (χ2n) is 5.63. The van der Waals surface area contributed by atoms with Crippen LogP contribution >= 0.6 is 0 Å². The van der Waals surface area contributed by atoms with Gasteiger partial charge in [0.1, 0.15) is 0 Å². The molecule has 0 aliphatic carbocycles. The molecular weight excluding hydrogens is 272 g/mol. The van der Waals surface area contributed by atoms with Crippen molar-refractivity contribution in [3.05, 3.63) is 34.9 Å². The van der Waals surface area contributed by atoms with Crippen LogP contribution in [0.5, 0.6) is 0 Å². The van der Waals surface area contributed by atoms with Crippen LogP contribution in [0.3, 0.4) is 0 Å². The lowest BCUT2D eigenvalue weighted by molar-refractivity contribution is 0.0696. The molecule has 1 aromatic rings. The summed E-state index contributed by atoms with van der Waals surface area (Å²) in [6.45, 7) is 2.03. The number of nitrogens with zero attached hydrogens (tertiary/aromatic N) is 2. The van der Waals surface area contributed by atoms with Gasteiger partial charge in [-0.3, -0.25) is 0 Å². The topological polar surface area (TPSA) is 81.1 Å². The summed E-state index contributed by atoms with van der Waals surface area (Å²) >= 11 is 0. The molecule has 1 aromatic carbocycles. The molecule has 0 bridgehead atoms. The maximum atomic E-state index is 12.4. The number of hydrogen-bond donors (Lipinski definition) is 2. The Morgan fingerprint density at radius 3 is 2.62 bits per heavy atom. The highest BCUT2D eigenvalue weighted by molar-refractivity contribution is 5.88. The molecule has 0 radical (unpaired) electrons. The quantitative estimate of drug-likeness (QED) is 0.806. The standard InChI is InChI=1S/C15H18N2O4/c18-13-4-6-17(9-13)15(21)16-5-3-10-1-2-11(14(19)20)7-12(10)8-16/h1-2,7,13,18H,3-6,8-9H2,(H,19,20). The monoisotopic (exact) mass is 290 g/mol. The second kappa shape index (κ2) is 5.37. The van der Waals surface area contributed by atoms with Gasteiger partial charge >= 0.3 is 12.0 Å². The van der Waals surface area contributed by atoms with Crippen LogP contribution in [0.2, 0.25) is 0 Å². The first kappa shape index (κ1) is 13.9. The van der Waals surface area contributed by atoms with Gasteiger partial charge in [-0.25, -0.2) is 9.59 Å². The number of carbonyl (C=O) groups excluding carboxylic acids is 1. The number of β-amino-alcohol motifs (C(OH)–C–C–N with tert-alkyl or cyclic N) is 1. The first-order valence-electron chi connectivity index (χ1n) is 7.11. The van der Waals surface area contributed by atoms with Crippen molar-refractivity contribution in [1.29, 1.82) is 0 Å². The van der Waals surface area contributed by atoms with Crippen LogP contribution in [0.25, 0.3) is 0 Å². The highest BCUT2D eigenvalue weighted by Gasteiger charge is 2.30. The van der Waals surface area contributed by atoms with Crippen LogP contribution in [0.15, 0.2) is 18.2 Å².